The van der Waals surface area contributed by atoms with Crippen LogP contribution in [0.5, 0.6) is 0 Å². The standard InChI is InChI=1S/C16H15F4N5OS/c1-9-6-12(17)11(7-10(9)14(26)22-8-16(18,19)20)13-23-15(24-25(13)2)27-5-3-4-21/h6-7H,3,5,8H2,1-2H3,(H,22,26). The van der Waals surface area contributed by atoms with Crippen molar-refractivity contribution in [1.82, 2.24) is 20.1 Å². The van der Waals surface area contributed by atoms with E-state index in [1.165, 1.54) is 30.4 Å². The first-order chi connectivity index (χ1) is 12.6. The molecule has 1 heterocycles. The molecule has 0 aliphatic rings. The maximum atomic E-state index is 14.4. The fraction of sp³-hybridized carbons (Fsp3) is 0.375. The van der Waals surface area contributed by atoms with Gasteiger partial charge in [-0.2, -0.15) is 18.4 Å². The number of rotatable bonds is 6. The van der Waals surface area contributed by atoms with Gasteiger partial charge in [0, 0.05) is 24.8 Å². The number of nitrogens with one attached hydrogen (secondary N) is 1. The molecule has 0 atom stereocenters. The van der Waals surface area contributed by atoms with Crippen LogP contribution in [-0.4, -0.2) is 39.1 Å². The first-order valence-electron chi connectivity index (χ1n) is 7.68. The highest BCUT2D eigenvalue weighted by atomic mass is 32.2. The molecule has 0 fully saturated rings. The number of amides is 1. The third-order valence-corrected chi connectivity index (χ3v) is 4.28. The summed E-state index contributed by atoms with van der Waals surface area (Å²) in [5.41, 5.74) is 0.0546. The van der Waals surface area contributed by atoms with Crippen LogP contribution in [0.2, 0.25) is 0 Å². The summed E-state index contributed by atoms with van der Waals surface area (Å²) in [5, 5.41) is 14.8. The third-order valence-electron chi connectivity index (χ3n) is 3.44. The number of nitriles is 1. The zero-order valence-corrected chi connectivity index (χ0v) is 15.2. The maximum Gasteiger partial charge on any atom is 0.405 e. The molecule has 0 aliphatic heterocycles. The Labute approximate surface area is 156 Å². The fourth-order valence-electron chi connectivity index (χ4n) is 2.21. The van der Waals surface area contributed by atoms with Crippen molar-refractivity contribution in [1.29, 1.82) is 5.26 Å². The zero-order valence-electron chi connectivity index (χ0n) is 14.4. The molecule has 11 heteroatoms. The average molecular weight is 401 g/mol. The average Bonchev–Trinajstić information content (AvgIpc) is 2.93. The van der Waals surface area contributed by atoms with Crippen LogP contribution in [-0.2, 0) is 7.05 Å². The van der Waals surface area contributed by atoms with Crippen LogP contribution in [0.4, 0.5) is 17.6 Å². The fourth-order valence-corrected chi connectivity index (χ4v) is 2.92. The van der Waals surface area contributed by atoms with Crippen molar-refractivity contribution >= 4 is 17.7 Å². The molecule has 0 radical (unpaired) electrons. The van der Waals surface area contributed by atoms with Gasteiger partial charge in [0.05, 0.1) is 11.6 Å². The summed E-state index contributed by atoms with van der Waals surface area (Å²) >= 11 is 1.21. The minimum absolute atomic E-state index is 0.0557. The second-order valence-electron chi connectivity index (χ2n) is 5.54. The van der Waals surface area contributed by atoms with Gasteiger partial charge in [0.1, 0.15) is 12.4 Å². The van der Waals surface area contributed by atoms with Gasteiger partial charge in [-0.3, -0.25) is 4.79 Å². The number of halogens is 4. The Morgan fingerprint density at radius 1 is 1.41 bits per heavy atom. The van der Waals surface area contributed by atoms with E-state index in [0.717, 1.165) is 12.1 Å². The van der Waals surface area contributed by atoms with Gasteiger partial charge in [-0.05, 0) is 24.6 Å². The van der Waals surface area contributed by atoms with Crippen molar-refractivity contribution in [3.05, 3.63) is 29.1 Å². The quantitative estimate of drug-likeness (QED) is 0.457. The lowest BCUT2D eigenvalue weighted by atomic mass is 10.0. The van der Waals surface area contributed by atoms with Crippen LogP contribution in [0.3, 0.4) is 0 Å². The molecule has 2 rings (SSSR count). The molecule has 0 saturated heterocycles. The summed E-state index contributed by atoms with van der Waals surface area (Å²) in [4.78, 5) is 16.2. The highest BCUT2D eigenvalue weighted by molar-refractivity contribution is 7.99. The first-order valence-corrected chi connectivity index (χ1v) is 8.67. The van der Waals surface area contributed by atoms with Crippen molar-refractivity contribution in [2.45, 2.75) is 24.7 Å². The predicted molar refractivity (Wildman–Crippen MR) is 90.5 cm³/mol. The molecule has 6 nitrogen and oxygen atoms in total. The van der Waals surface area contributed by atoms with Crippen LogP contribution in [0.25, 0.3) is 11.4 Å². The van der Waals surface area contributed by atoms with E-state index in [-0.39, 0.29) is 22.5 Å². The number of carbonyl (C=O) groups is 1. The molecule has 1 aromatic carbocycles. The summed E-state index contributed by atoms with van der Waals surface area (Å²) in [6, 6.07) is 4.20. The zero-order chi connectivity index (χ0) is 20.2. The number of hydrogen-bond donors (Lipinski definition) is 1. The van der Waals surface area contributed by atoms with E-state index in [4.69, 9.17) is 5.26 Å². The van der Waals surface area contributed by atoms with E-state index in [9.17, 15) is 22.4 Å². The summed E-state index contributed by atoms with van der Waals surface area (Å²) < 4.78 is 52.6. The van der Waals surface area contributed by atoms with Gasteiger partial charge in [-0.15, -0.1) is 5.10 Å². The minimum Gasteiger partial charge on any atom is -0.343 e. The van der Waals surface area contributed by atoms with E-state index in [0.29, 0.717) is 17.3 Å². The molecule has 1 aromatic heterocycles. The Bertz CT molecular complexity index is 888. The number of thioether (sulfide) groups is 1. The molecule has 0 spiro atoms. The van der Waals surface area contributed by atoms with Crippen LogP contribution in [0.1, 0.15) is 22.3 Å². The highest BCUT2D eigenvalue weighted by Gasteiger charge is 2.28. The van der Waals surface area contributed by atoms with Crippen molar-refractivity contribution in [2.24, 2.45) is 7.05 Å². The van der Waals surface area contributed by atoms with E-state index >= 15 is 0 Å². The Morgan fingerprint density at radius 3 is 2.74 bits per heavy atom. The van der Waals surface area contributed by atoms with Gasteiger partial charge in [0.2, 0.25) is 5.16 Å². The smallest absolute Gasteiger partial charge is 0.343 e. The van der Waals surface area contributed by atoms with Crippen molar-refractivity contribution < 1.29 is 22.4 Å². The number of aromatic nitrogens is 3. The Morgan fingerprint density at radius 2 is 2.11 bits per heavy atom. The molecular weight excluding hydrogens is 386 g/mol. The van der Waals surface area contributed by atoms with Gasteiger partial charge in [-0.25, -0.2) is 14.1 Å². The molecule has 0 unspecified atom stereocenters. The topological polar surface area (TPSA) is 83.6 Å². The molecule has 1 amide bonds. The van der Waals surface area contributed by atoms with Crippen molar-refractivity contribution in [3.8, 4) is 17.5 Å². The van der Waals surface area contributed by atoms with Crippen LogP contribution < -0.4 is 5.32 Å². The highest BCUT2D eigenvalue weighted by Crippen LogP contribution is 2.27. The normalized spacial score (nSPS) is 11.3. The SMILES string of the molecule is Cc1cc(F)c(-c2nc(SCCC#N)nn2C)cc1C(=O)NCC(F)(F)F. The number of hydrogen-bond acceptors (Lipinski definition) is 5. The summed E-state index contributed by atoms with van der Waals surface area (Å²) in [6.07, 6.45) is -4.26. The van der Waals surface area contributed by atoms with Gasteiger partial charge in [0.25, 0.3) is 5.91 Å². The van der Waals surface area contributed by atoms with Gasteiger partial charge >= 0.3 is 6.18 Å². The van der Waals surface area contributed by atoms with E-state index < -0.39 is 24.4 Å². The number of carbonyl (C=O) groups excluding carboxylic acids is 1. The monoisotopic (exact) mass is 401 g/mol. The van der Waals surface area contributed by atoms with Crippen molar-refractivity contribution in [2.75, 3.05) is 12.3 Å². The lowest BCUT2D eigenvalue weighted by Crippen LogP contribution is -2.34. The molecule has 2 aromatic rings. The molecule has 144 valence electrons. The summed E-state index contributed by atoms with van der Waals surface area (Å²) in [7, 11) is 1.53. The Balaban J connectivity index is 2.33. The second kappa shape index (κ2) is 8.39. The summed E-state index contributed by atoms with van der Waals surface area (Å²) in [6.45, 7) is -0.0587. The summed E-state index contributed by atoms with van der Waals surface area (Å²) in [5.74, 6) is -1.06. The van der Waals surface area contributed by atoms with Crippen molar-refractivity contribution in [3.63, 3.8) is 0 Å². The lowest BCUT2D eigenvalue weighted by molar-refractivity contribution is -0.123. The lowest BCUT2D eigenvalue weighted by Gasteiger charge is -2.12. The van der Waals surface area contributed by atoms with Gasteiger partial charge < -0.3 is 5.32 Å². The van der Waals surface area contributed by atoms with E-state index in [1.54, 1.807) is 5.32 Å². The van der Waals surface area contributed by atoms with Crippen LogP contribution in [0, 0.1) is 24.1 Å². The van der Waals surface area contributed by atoms with Crippen LogP contribution in [0.15, 0.2) is 17.3 Å². The number of alkyl halides is 3. The maximum absolute atomic E-state index is 14.4. The number of nitrogens with zero attached hydrogens (tertiary/aromatic N) is 4. The molecule has 27 heavy (non-hydrogen) atoms. The predicted octanol–water partition coefficient (Wildman–Crippen LogP) is 3.23. The molecule has 0 saturated carbocycles. The van der Waals surface area contributed by atoms with Gasteiger partial charge in [0.15, 0.2) is 5.82 Å². The van der Waals surface area contributed by atoms with Crippen LogP contribution >= 0.6 is 11.8 Å². The van der Waals surface area contributed by atoms with E-state index in [2.05, 4.69) is 10.1 Å². The molecule has 0 aliphatic carbocycles. The van der Waals surface area contributed by atoms with Gasteiger partial charge in [-0.1, -0.05) is 11.8 Å². The molecule has 1 N–H and O–H groups in total. The molecule has 0 bridgehead atoms. The minimum atomic E-state index is -4.55. The Kier molecular flexibility index (Phi) is 6.43. The number of benzene rings is 1. The largest absolute Gasteiger partial charge is 0.405 e. The third kappa shape index (κ3) is 5.43. The molecular formula is C16H15F4N5OS. The van der Waals surface area contributed by atoms with E-state index in [1.807, 2.05) is 6.07 Å². The number of aryl methyl sites for hydroxylation is 2. The first kappa shape index (κ1) is 20.7. The Hall–Kier alpha value is -2.61. The second-order valence-corrected chi connectivity index (χ2v) is 6.61.